The molecule has 1 aromatic carbocycles. The Labute approximate surface area is 120 Å². The molecule has 1 amide bonds. The highest BCUT2D eigenvalue weighted by molar-refractivity contribution is 5.90. The topological polar surface area (TPSA) is 64.4 Å². The zero-order valence-electron chi connectivity index (χ0n) is 11.9. The Bertz CT molecular complexity index is 411. The number of benzene rings is 1. The highest BCUT2D eigenvalue weighted by Gasteiger charge is 2.13. The van der Waals surface area contributed by atoms with Crippen molar-refractivity contribution in [1.82, 2.24) is 0 Å². The third-order valence-corrected chi connectivity index (χ3v) is 3.72. The summed E-state index contributed by atoms with van der Waals surface area (Å²) in [7, 11) is 0. The standard InChI is InChI=1S/C16H24N2O2/c17-11-10-16(19)18-14-6-8-15(9-7-14)20-12-13-4-2-1-3-5-13/h6-9,13H,1-5,10-12,17H2,(H,18,19). The average molecular weight is 276 g/mol. The van der Waals surface area contributed by atoms with Crippen LogP contribution in [0.1, 0.15) is 38.5 Å². The summed E-state index contributed by atoms with van der Waals surface area (Å²) < 4.78 is 5.82. The minimum absolute atomic E-state index is 0.0524. The van der Waals surface area contributed by atoms with Gasteiger partial charge in [-0.1, -0.05) is 19.3 Å². The molecule has 110 valence electrons. The fourth-order valence-corrected chi connectivity index (χ4v) is 2.56. The van der Waals surface area contributed by atoms with Crippen molar-refractivity contribution in [2.45, 2.75) is 38.5 Å². The molecule has 1 aliphatic carbocycles. The van der Waals surface area contributed by atoms with E-state index in [9.17, 15) is 4.79 Å². The van der Waals surface area contributed by atoms with E-state index in [1.54, 1.807) is 0 Å². The van der Waals surface area contributed by atoms with E-state index < -0.39 is 0 Å². The second-order valence-corrected chi connectivity index (χ2v) is 5.43. The third-order valence-electron chi connectivity index (χ3n) is 3.72. The van der Waals surface area contributed by atoms with E-state index in [4.69, 9.17) is 10.5 Å². The molecular formula is C16H24N2O2. The summed E-state index contributed by atoms with van der Waals surface area (Å²) >= 11 is 0. The van der Waals surface area contributed by atoms with Gasteiger partial charge in [0.25, 0.3) is 0 Å². The second-order valence-electron chi connectivity index (χ2n) is 5.43. The van der Waals surface area contributed by atoms with Crippen molar-refractivity contribution in [1.29, 1.82) is 0 Å². The lowest BCUT2D eigenvalue weighted by atomic mass is 9.90. The maximum atomic E-state index is 11.4. The first-order chi connectivity index (χ1) is 9.78. The minimum atomic E-state index is -0.0524. The van der Waals surface area contributed by atoms with Crippen LogP contribution in [-0.4, -0.2) is 19.1 Å². The number of carbonyl (C=O) groups excluding carboxylic acids is 1. The third kappa shape index (κ3) is 4.85. The van der Waals surface area contributed by atoms with Crippen LogP contribution < -0.4 is 15.8 Å². The van der Waals surface area contributed by atoms with Crippen LogP contribution in [0, 0.1) is 5.92 Å². The van der Waals surface area contributed by atoms with Gasteiger partial charge < -0.3 is 15.8 Å². The molecule has 20 heavy (non-hydrogen) atoms. The van der Waals surface area contributed by atoms with Gasteiger partial charge in [-0.2, -0.15) is 0 Å². The first-order valence-electron chi connectivity index (χ1n) is 7.50. The van der Waals surface area contributed by atoms with E-state index in [0.29, 0.717) is 18.9 Å². The van der Waals surface area contributed by atoms with Crippen molar-refractivity contribution in [2.75, 3.05) is 18.5 Å². The van der Waals surface area contributed by atoms with Crippen molar-refractivity contribution in [2.24, 2.45) is 11.7 Å². The lowest BCUT2D eigenvalue weighted by Crippen LogP contribution is -2.16. The van der Waals surface area contributed by atoms with Gasteiger partial charge in [0.1, 0.15) is 5.75 Å². The van der Waals surface area contributed by atoms with Gasteiger partial charge in [0.15, 0.2) is 0 Å². The fraction of sp³-hybridized carbons (Fsp3) is 0.562. The molecule has 0 spiro atoms. The van der Waals surface area contributed by atoms with Gasteiger partial charge in [-0.15, -0.1) is 0 Å². The highest BCUT2D eigenvalue weighted by Crippen LogP contribution is 2.25. The molecule has 0 aromatic heterocycles. The molecule has 1 fully saturated rings. The fourth-order valence-electron chi connectivity index (χ4n) is 2.56. The van der Waals surface area contributed by atoms with Crippen LogP contribution in [-0.2, 0) is 4.79 Å². The number of nitrogens with two attached hydrogens (primary N) is 1. The van der Waals surface area contributed by atoms with E-state index in [1.807, 2.05) is 24.3 Å². The summed E-state index contributed by atoms with van der Waals surface area (Å²) in [4.78, 5) is 11.4. The van der Waals surface area contributed by atoms with Gasteiger partial charge >= 0.3 is 0 Å². The number of nitrogens with one attached hydrogen (secondary N) is 1. The van der Waals surface area contributed by atoms with Crippen LogP contribution in [0.3, 0.4) is 0 Å². The predicted molar refractivity (Wildman–Crippen MR) is 80.8 cm³/mol. The molecule has 0 radical (unpaired) electrons. The van der Waals surface area contributed by atoms with Gasteiger partial charge in [-0.3, -0.25) is 4.79 Å². The predicted octanol–water partition coefficient (Wildman–Crippen LogP) is 2.93. The SMILES string of the molecule is NCCC(=O)Nc1ccc(OCC2CCCCC2)cc1. The van der Waals surface area contributed by atoms with E-state index in [0.717, 1.165) is 18.0 Å². The summed E-state index contributed by atoms with van der Waals surface area (Å²) in [5, 5.41) is 2.80. The Hall–Kier alpha value is -1.55. The second kappa shape index (κ2) is 7.90. The van der Waals surface area contributed by atoms with Gasteiger partial charge in [-0.05, 0) is 43.0 Å². The average Bonchev–Trinajstić information content (AvgIpc) is 2.48. The minimum Gasteiger partial charge on any atom is -0.493 e. The first kappa shape index (κ1) is 14.9. The zero-order chi connectivity index (χ0) is 14.2. The summed E-state index contributed by atoms with van der Waals surface area (Å²) in [6, 6.07) is 7.54. The molecule has 0 aliphatic heterocycles. The lowest BCUT2D eigenvalue weighted by Gasteiger charge is -2.21. The number of anilines is 1. The summed E-state index contributed by atoms with van der Waals surface area (Å²) in [5.74, 6) is 1.52. The van der Waals surface area contributed by atoms with Crippen molar-refractivity contribution < 1.29 is 9.53 Å². The molecule has 0 unspecified atom stereocenters. The summed E-state index contributed by atoms with van der Waals surface area (Å²) in [5.41, 5.74) is 6.12. The largest absolute Gasteiger partial charge is 0.493 e. The molecular weight excluding hydrogens is 252 g/mol. The molecule has 1 aliphatic rings. The Morgan fingerprint density at radius 3 is 2.55 bits per heavy atom. The number of rotatable bonds is 6. The van der Waals surface area contributed by atoms with Crippen LogP contribution in [0.4, 0.5) is 5.69 Å². The van der Waals surface area contributed by atoms with Gasteiger partial charge in [0.05, 0.1) is 6.61 Å². The zero-order valence-corrected chi connectivity index (χ0v) is 11.9. The Morgan fingerprint density at radius 1 is 1.20 bits per heavy atom. The number of amides is 1. The van der Waals surface area contributed by atoms with E-state index >= 15 is 0 Å². The van der Waals surface area contributed by atoms with Gasteiger partial charge in [-0.25, -0.2) is 0 Å². The van der Waals surface area contributed by atoms with Gasteiger partial charge in [0.2, 0.25) is 5.91 Å². The smallest absolute Gasteiger partial charge is 0.225 e. The van der Waals surface area contributed by atoms with Crippen LogP contribution in [0.2, 0.25) is 0 Å². The Balaban J connectivity index is 1.77. The monoisotopic (exact) mass is 276 g/mol. The number of hydrogen-bond donors (Lipinski definition) is 2. The van der Waals surface area contributed by atoms with E-state index in [1.165, 1.54) is 32.1 Å². The van der Waals surface area contributed by atoms with E-state index in [-0.39, 0.29) is 5.91 Å². The van der Waals surface area contributed by atoms with Crippen molar-refractivity contribution >= 4 is 11.6 Å². The molecule has 0 atom stereocenters. The molecule has 2 rings (SSSR count). The maximum absolute atomic E-state index is 11.4. The molecule has 0 bridgehead atoms. The summed E-state index contributed by atoms with van der Waals surface area (Å²) in [6.07, 6.45) is 6.95. The number of hydrogen-bond acceptors (Lipinski definition) is 3. The van der Waals surface area contributed by atoms with Crippen molar-refractivity contribution in [3.8, 4) is 5.75 Å². The first-order valence-corrected chi connectivity index (χ1v) is 7.50. The molecule has 1 saturated carbocycles. The van der Waals surface area contributed by atoms with Crippen LogP contribution in [0.5, 0.6) is 5.75 Å². The highest BCUT2D eigenvalue weighted by atomic mass is 16.5. The molecule has 0 saturated heterocycles. The molecule has 0 heterocycles. The number of carbonyl (C=O) groups is 1. The van der Waals surface area contributed by atoms with E-state index in [2.05, 4.69) is 5.32 Å². The van der Waals surface area contributed by atoms with Crippen LogP contribution in [0.25, 0.3) is 0 Å². The van der Waals surface area contributed by atoms with Gasteiger partial charge in [0, 0.05) is 18.7 Å². The Morgan fingerprint density at radius 2 is 1.90 bits per heavy atom. The van der Waals surface area contributed by atoms with Crippen molar-refractivity contribution in [3.05, 3.63) is 24.3 Å². The van der Waals surface area contributed by atoms with Crippen LogP contribution in [0.15, 0.2) is 24.3 Å². The molecule has 1 aromatic rings. The maximum Gasteiger partial charge on any atom is 0.225 e. The normalized spacial score (nSPS) is 15.8. The summed E-state index contributed by atoms with van der Waals surface area (Å²) in [6.45, 7) is 1.17. The van der Waals surface area contributed by atoms with Crippen molar-refractivity contribution in [3.63, 3.8) is 0 Å². The molecule has 4 nitrogen and oxygen atoms in total. The molecule has 4 heteroatoms. The Kier molecular flexibility index (Phi) is 5.87. The lowest BCUT2D eigenvalue weighted by molar-refractivity contribution is -0.116. The quantitative estimate of drug-likeness (QED) is 0.839. The molecule has 3 N–H and O–H groups in total. The number of ether oxygens (including phenoxy) is 1. The van der Waals surface area contributed by atoms with Crippen LogP contribution >= 0.6 is 0 Å².